The molecule has 21 heavy (non-hydrogen) atoms. The monoisotopic (exact) mass is 290 g/mol. The van der Waals surface area contributed by atoms with Crippen LogP contribution in [0.4, 0.5) is 0 Å². The van der Waals surface area contributed by atoms with Crippen LogP contribution in [0.25, 0.3) is 0 Å². The first-order chi connectivity index (χ1) is 10.1. The van der Waals surface area contributed by atoms with Gasteiger partial charge < -0.3 is 10.2 Å². The molecule has 4 aliphatic rings. The molecular formula is C17H26N2O2. The lowest BCUT2D eigenvalue weighted by atomic mass is 9.78. The van der Waals surface area contributed by atoms with Crippen LogP contribution in [0.15, 0.2) is 0 Å². The minimum atomic E-state index is -0.568. The van der Waals surface area contributed by atoms with E-state index in [0.29, 0.717) is 5.41 Å². The molecule has 1 atom stereocenters. The van der Waals surface area contributed by atoms with Crippen LogP contribution < -0.4 is 5.32 Å². The molecule has 0 aromatic rings. The molecule has 0 aromatic carbocycles. The van der Waals surface area contributed by atoms with E-state index >= 15 is 0 Å². The molecule has 3 aliphatic carbocycles. The van der Waals surface area contributed by atoms with Crippen molar-refractivity contribution in [3.05, 3.63) is 0 Å². The smallest absolute Gasteiger partial charge is 0.249 e. The average molecular weight is 290 g/mol. The number of amides is 2. The van der Waals surface area contributed by atoms with E-state index in [1.165, 1.54) is 32.1 Å². The molecule has 1 saturated heterocycles. The van der Waals surface area contributed by atoms with E-state index in [1.54, 1.807) is 0 Å². The Kier molecular flexibility index (Phi) is 2.89. The van der Waals surface area contributed by atoms with Gasteiger partial charge in [0.15, 0.2) is 0 Å². The van der Waals surface area contributed by atoms with E-state index in [4.69, 9.17) is 0 Å². The topological polar surface area (TPSA) is 49.4 Å². The predicted octanol–water partition coefficient (Wildman–Crippen LogP) is 2.23. The van der Waals surface area contributed by atoms with Crippen LogP contribution in [-0.4, -0.2) is 34.8 Å². The summed E-state index contributed by atoms with van der Waals surface area (Å²) in [6, 6.07) is -0.290. The van der Waals surface area contributed by atoms with E-state index in [9.17, 15) is 9.59 Å². The standard InChI is InChI=1S/C17H26N2O2/c1-12-14(20)18-17(7-3-2-4-8-17)15(21)19(12)11-16(9-10-16)13-5-6-13/h12-13H,2-11H2,1H3,(H,18,20). The number of hydrogen-bond donors (Lipinski definition) is 1. The largest absolute Gasteiger partial charge is 0.340 e. The lowest BCUT2D eigenvalue weighted by Crippen LogP contribution is -2.70. The zero-order chi connectivity index (χ0) is 14.7. The number of rotatable bonds is 3. The Morgan fingerprint density at radius 1 is 1.10 bits per heavy atom. The zero-order valence-electron chi connectivity index (χ0n) is 13.0. The maximum Gasteiger partial charge on any atom is 0.249 e. The molecule has 3 saturated carbocycles. The fourth-order valence-corrected chi connectivity index (χ4v) is 4.58. The van der Waals surface area contributed by atoms with Crippen molar-refractivity contribution in [3.8, 4) is 0 Å². The molecule has 0 aromatic heterocycles. The highest BCUT2D eigenvalue weighted by Gasteiger charge is 2.58. The molecule has 2 amide bonds. The Balaban J connectivity index is 1.58. The van der Waals surface area contributed by atoms with E-state index in [0.717, 1.165) is 38.1 Å². The fraction of sp³-hybridized carbons (Fsp3) is 0.882. The van der Waals surface area contributed by atoms with Crippen molar-refractivity contribution < 1.29 is 9.59 Å². The summed E-state index contributed by atoms with van der Waals surface area (Å²) < 4.78 is 0. The minimum absolute atomic E-state index is 0.0584. The average Bonchev–Trinajstić information content (AvgIpc) is 3.36. The Hall–Kier alpha value is -1.06. The first-order valence-electron chi connectivity index (χ1n) is 8.70. The van der Waals surface area contributed by atoms with Crippen LogP contribution >= 0.6 is 0 Å². The van der Waals surface area contributed by atoms with Gasteiger partial charge in [-0.1, -0.05) is 19.3 Å². The van der Waals surface area contributed by atoms with Gasteiger partial charge in [-0.3, -0.25) is 9.59 Å². The SMILES string of the molecule is CC1C(=O)NC2(CCCCC2)C(=O)N1CC1(C2CC2)CC1. The number of piperazine rings is 1. The number of nitrogens with zero attached hydrogens (tertiary/aromatic N) is 1. The molecule has 4 nitrogen and oxygen atoms in total. The van der Waals surface area contributed by atoms with E-state index < -0.39 is 5.54 Å². The number of carbonyl (C=O) groups excluding carboxylic acids is 2. The van der Waals surface area contributed by atoms with Crippen molar-refractivity contribution in [1.29, 1.82) is 0 Å². The van der Waals surface area contributed by atoms with E-state index in [1.807, 2.05) is 11.8 Å². The molecule has 1 heterocycles. The van der Waals surface area contributed by atoms with Crippen molar-refractivity contribution in [2.24, 2.45) is 11.3 Å². The van der Waals surface area contributed by atoms with Crippen LogP contribution in [0, 0.1) is 11.3 Å². The van der Waals surface area contributed by atoms with Gasteiger partial charge in [-0.15, -0.1) is 0 Å². The van der Waals surface area contributed by atoms with Crippen LogP contribution in [0.1, 0.15) is 64.7 Å². The molecule has 0 bridgehead atoms. The number of hydrogen-bond acceptors (Lipinski definition) is 2. The lowest BCUT2D eigenvalue weighted by molar-refractivity contribution is -0.157. The zero-order valence-corrected chi connectivity index (χ0v) is 13.0. The highest BCUT2D eigenvalue weighted by Crippen LogP contribution is 2.61. The van der Waals surface area contributed by atoms with Gasteiger partial charge in [-0.25, -0.2) is 0 Å². The third kappa shape index (κ3) is 2.09. The van der Waals surface area contributed by atoms with Gasteiger partial charge in [0.2, 0.25) is 11.8 Å². The highest BCUT2D eigenvalue weighted by molar-refractivity contribution is 5.99. The van der Waals surface area contributed by atoms with Crippen molar-refractivity contribution in [2.45, 2.75) is 76.3 Å². The number of nitrogens with one attached hydrogen (secondary N) is 1. The second-order valence-corrected chi connectivity index (χ2v) is 7.88. The summed E-state index contributed by atoms with van der Waals surface area (Å²) in [6.45, 7) is 2.72. The Labute approximate surface area is 126 Å². The normalized spacial score (nSPS) is 34.0. The van der Waals surface area contributed by atoms with Crippen molar-refractivity contribution in [1.82, 2.24) is 10.2 Å². The summed E-state index contributed by atoms with van der Waals surface area (Å²) in [5, 5.41) is 3.08. The molecule has 1 unspecified atom stereocenters. The van der Waals surface area contributed by atoms with Gasteiger partial charge in [-0.2, -0.15) is 0 Å². The molecular weight excluding hydrogens is 264 g/mol. The van der Waals surface area contributed by atoms with Gasteiger partial charge in [0.25, 0.3) is 0 Å². The van der Waals surface area contributed by atoms with Crippen LogP contribution in [0.5, 0.6) is 0 Å². The molecule has 0 radical (unpaired) electrons. The third-order valence-corrected chi connectivity index (χ3v) is 6.41. The predicted molar refractivity (Wildman–Crippen MR) is 79.5 cm³/mol. The Morgan fingerprint density at radius 3 is 2.33 bits per heavy atom. The van der Waals surface area contributed by atoms with Crippen molar-refractivity contribution in [2.75, 3.05) is 6.54 Å². The van der Waals surface area contributed by atoms with Crippen LogP contribution in [0.3, 0.4) is 0 Å². The highest BCUT2D eigenvalue weighted by atomic mass is 16.2. The Bertz CT molecular complexity index is 473. The van der Waals surface area contributed by atoms with E-state index in [2.05, 4.69) is 5.32 Å². The molecule has 4 fully saturated rings. The van der Waals surface area contributed by atoms with Crippen LogP contribution in [0.2, 0.25) is 0 Å². The second kappa shape index (κ2) is 4.47. The van der Waals surface area contributed by atoms with E-state index in [-0.39, 0.29) is 17.9 Å². The van der Waals surface area contributed by atoms with Crippen molar-refractivity contribution >= 4 is 11.8 Å². The van der Waals surface area contributed by atoms with Gasteiger partial charge >= 0.3 is 0 Å². The quantitative estimate of drug-likeness (QED) is 0.866. The van der Waals surface area contributed by atoms with Gasteiger partial charge in [0.1, 0.15) is 11.6 Å². The summed E-state index contributed by atoms with van der Waals surface area (Å²) in [5.74, 6) is 1.09. The Morgan fingerprint density at radius 2 is 1.76 bits per heavy atom. The summed E-state index contributed by atoms with van der Waals surface area (Å²) in [4.78, 5) is 27.5. The summed E-state index contributed by atoms with van der Waals surface area (Å²) in [6.07, 6.45) is 10.1. The fourth-order valence-electron chi connectivity index (χ4n) is 4.58. The van der Waals surface area contributed by atoms with Gasteiger partial charge in [0, 0.05) is 6.54 Å². The summed E-state index contributed by atoms with van der Waals surface area (Å²) in [5.41, 5.74) is -0.196. The van der Waals surface area contributed by atoms with Crippen LogP contribution in [-0.2, 0) is 9.59 Å². The second-order valence-electron chi connectivity index (χ2n) is 7.88. The maximum absolute atomic E-state index is 13.1. The minimum Gasteiger partial charge on any atom is -0.340 e. The van der Waals surface area contributed by atoms with Gasteiger partial charge in [-0.05, 0) is 56.8 Å². The molecule has 4 heteroatoms. The molecule has 1 aliphatic heterocycles. The maximum atomic E-state index is 13.1. The summed E-state index contributed by atoms with van der Waals surface area (Å²) in [7, 11) is 0. The van der Waals surface area contributed by atoms with Crippen molar-refractivity contribution in [3.63, 3.8) is 0 Å². The first kappa shape index (κ1) is 13.6. The third-order valence-electron chi connectivity index (χ3n) is 6.41. The van der Waals surface area contributed by atoms with Gasteiger partial charge in [0.05, 0.1) is 0 Å². The lowest BCUT2D eigenvalue weighted by Gasteiger charge is -2.47. The molecule has 1 N–H and O–H groups in total. The molecule has 4 rings (SSSR count). The number of carbonyl (C=O) groups is 2. The first-order valence-corrected chi connectivity index (χ1v) is 8.70. The molecule has 116 valence electrons. The summed E-state index contributed by atoms with van der Waals surface area (Å²) >= 11 is 0. The molecule has 1 spiro atoms.